The van der Waals surface area contributed by atoms with Gasteiger partial charge in [-0.3, -0.25) is 0 Å². The molecule has 3 heteroatoms. The highest BCUT2D eigenvalue weighted by Gasteiger charge is 1.98. The molecule has 0 amide bonds. The Morgan fingerprint density at radius 3 is 3.15 bits per heavy atom. The number of nitrogens with zero attached hydrogens (tertiary/aromatic N) is 1. The van der Waals surface area contributed by atoms with E-state index in [0.29, 0.717) is 23.9 Å². The highest BCUT2D eigenvalue weighted by Crippen LogP contribution is 2.19. The molecule has 1 heterocycles. The Balaban J connectivity index is 2.44. The first-order chi connectivity index (χ1) is 6.34. The van der Waals surface area contributed by atoms with Gasteiger partial charge in [0.25, 0.3) is 0 Å². The Kier molecular flexibility index (Phi) is 4.14. The molecule has 0 aliphatic carbocycles. The van der Waals surface area contributed by atoms with E-state index in [2.05, 4.69) is 16.8 Å². The number of pyridine rings is 1. The molecule has 0 aliphatic heterocycles. The lowest BCUT2D eigenvalue weighted by Crippen LogP contribution is -1.96. The molecular formula is C10H10ClNO. The van der Waals surface area contributed by atoms with Gasteiger partial charge in [0.05, 0.1) is 6.61 Å². The van der Waals surface area contributed by atoms with E-state index < -0.39 is 0 Å². The SMILES string of the molecule is CC#CCCOc1cccnc1Cl. The van der Waals surface area contributed by atoms with Gasteiger partial charge in [0, 0.05) is 12.6 Å². The first-order valence-electron chi connectivity index (χ1n) is 3.97. The quantitative estimate of drug-likeness (QED) is 0.420. The van der Waals surface area contributed by atoms with Crippen LogP contribution < -0.4 is 4.74 Å². The second-order valence-electron chi connectivity index (χ2n) is 2.32. The zero-order valence-electron chi connectivity index (χ0n) is 7.38. The minimum Gasteiger partial charge on any atom is -0.489 e. The zero-order valence-corrected chi connectivity index (χ0v) is 8.14. The molecule has 0 aliphatic rings. The molecule has 2 nitrogen and oxygen atoms in total. The molecule has 0 atom stereocenters. The topological polar surface area (TPSA) is 22.1 Å². The van der Waals surface area contributed by atoms with E-state index in [1.165, 1.54) is 0 Å². The lowest BCUT2D eigenvalue weighted by Gasteiger charge is -2.03. The van der Waals surface area contributed by atoms with Gasteiger partial charge >= 0.3 is 0 Å². The number of hydrogen-bond acceptors (Lipinski definition) is 2. The first kappa shape index (κ1) is 9.88. The fraction of sp³-hybridized carbons (Fsp3) is 0.300. The van der Waals surface area contributed by atoms with Gasteiger partial charge in [0.1, 0.15) is 0 Å². The van der Waals surface area contributed by atoms with Crippen LogP contribution in [0.3, 0.4) is 0 Å². The summed E-state index contributed by atoms with van der Waals surface area (Å²) >= 11 is 5.76. The van der Waals surface area contributed by atoms with Crippen molar-refractivity contribution in [3.63, 3.8) is 0 Å². The van der Waals surface area contributed by atoms with E-state index in [0.717, 1.165) is 0 Å². The van der Waals surface area contributed by atoms with Crippen LogP contribution >= 0.6 is 11.6 Å². The van der Waals surface area contributed by atoms with Gasteiger partial charge in [-0.05, 0) is 19.1 Å². The molecule has 0 fully saturated rings. The Labute approximate surface area is 82.9 Å². The van der Waals surface area contributed by atoms with E-state index in [4.69, 9.17) is 16.3 Å². The summed E-state index contributed by atoms with van der Waals surface area (Å²) in [4.78, 5) is 3.88. The normalized spacial score (nSPS) is 8.77. The monoisotopic (exact) mass is 195 g/mol. The Morgan fingerprint density at radius 1 is 1.62 bits per heavy atom. The lowest BCUT2D eigenvalue weighted by molar-refractivity contribution is 0.326. The Morgan fingerprint density at radius 2 is 2.46 bits per heavy atom. The van der Waals surface area contributed by atoms with E-state index in [9.17, 15) is 0 Å². The Hall–Kier alpha value is -1.20. The van der Waals surface area contributed by atoms with Crippen LogP contribution in [0.15, 0.2) is 18.3 Å². The van der Waals surface area contributed by atoms with E-state index in [1.807, 2.05) is 0 Å². The predicted octanol–water partition coefficient (Wildman–Crippen LogP) is 2.53. The van der Waals surface area contributed by atoms with Crippen molar-refractivity contribution in [1.82, 2.24) is 4.98 Å². The summed E-state index contributed by atoms with van der Waals surface area (Å²) in [6.45, 7) is 2.35. The van der Waals surface area contributed by atoms with Crippen molar-refractivity contribution >= 4 is 11.6 Å². The number of aromatic nitrogens is 1. The van der Waals surface area contributed by atoms with Crippen molar-refractivity contribution in [1.29, 1.82) is 0 Å². The molecule has 0 radical (unpaired) electrons. The number of ether oxygens (including phenoxy) is 1. The summed E-state index contributed by atoms with van der Waals surface area (Å²) < 4.78 is 5.34. The fourth-order valence-electron chi connectivity index (χ4n) is 0.816. The molecule has 0 saturated heterocycles. The van der Waals surface area contributed by atoms with E-state index in [1.54, 1.807) is 25.3 Å². The van der Waals surface area contributed by atoms with Gasteiger partial charge in [-0.25, -0.2) is 4.98 Å². The summed E-state index contributed by atoms with van der Waals surface area (Å²) in [6.07, 6.45) is 2.34. The van der Waals surface area contributed by atoms with Crippen LogP contribution in [0.1, 0.15) is 13.3 Å². The van der Waals surface area contributed by atoms with Crippen LogP contribution in [0.4, 0.5) is 0 Å². The second-order valence-corrected chi connectivity index (χ2v) is 2.68. The molecule has 1 rings (SSSR count). The van der Waals surface area contributed by atoms with Gasteiger partial charge in [0.15, 0.2) is 10.9 Å². The molecule has 1 aromatic heterocycles. The molecule has 0 unspecified atom stereocenters. The maximum atomic E-state index is 5.76. The van der Waals surface area contributed by atoms with Crippen molar-refractivity contribution < 1.29 is 4.74 Å². The second kappa shape index (κ2) is 5.45. The standard InChI is InChI=1S/C10H10ClNO/c1-2-3-4-8-13-9-6-5-7-12-10(9)11/h5-7H,4,8H2,1H3. The lowest BCUT2D eigenvalue weighted by atomic mass is 10.4. The van der Waals surface area contributed by atoms with Crippen LogP contribution in [0, 0.1) is 11.8 Å². The van der Waals surface area contributed by atoms with E-state index >= 15 is 0 Å². The van der Waals surface area contributed by atoms with Crippen molar-refractivity contribution in [2.45, 2.75) is 13.3 Å². The van der Waals surface area contributed by atoms with Crippen LogP contribution in [0.2, 0.25) is 5.15 Å². The summed E-state index contributed by atoms with van der Waals surface area (Å²) in [6, 6.07) is 3.57. The molecule has 0 N–H and O–H groups in total. The maximum absolute atomic E-state index is 5.76. The summed E-state index contributed by atoms with van der Waals surface area (Å²) in [7, 11) is 0. The largest absolute Gasteiger partial charge is 0.489 e. The highest BCUT2D eigenvalue weighted by atomic mass is 35.5. The van der Waals surface area contributed by atoms with Crippen molar-refractivity contribution in [3.05, 3.63) is 23.5 Å². The average molecular weight is 196 g/mol. The minimum absolute atomic E-state index is 0.395. The summed E-state index contributed by atoms with van der Waals surface area (Å²) in [5.41, 5.74) is 0. The van der Waals surface area contributed by atoms with Crippen LogP contribution in [0.25, 0.3) is 0 Å². The van der Waals surface area contributed by atoms with Crippen molar-refractivity contribution in [2.24, 2.45) is 0 Å². The highest BCUT2D eigenvalue weighted by molar-refractivity contribution is 6.30. The Bertz CT molecular complexity index is 327. The third-order valence-corrected chi connectivity index (χ3v) is 1.67. The smallest absolute Gasteiger partial charge is 0.171 e. The third kappa shape index (κ3) is 3.35. The van der Waals surface area contributed by atoms with Gasteiger partial charge in [-0.15, -0.1) is 11.8 Å². The summed E-state index contributed by atoms with van der Waals surface area (Å²) in [5.74, 6) is 6.30. The van der Waals surface area contributed by atoms with Crippen molar-refractivity contribution in [2.75, 3.05) is 6.61 Å². The maximum Gasteiger partial charge on any atom is 0.171 e. The molecule has 0 bridgehead atoms. The first-order valence-corrected chi connectivity index (χ1v) is 4.35. The molecule has 0 saturated carbocycles. The zero-order chi connectivity index (χ0) is 9.52. The van der Waals surface area contributed by atoms with Crippen LogP contribution in [0.5, 0.6) is 5.75 Å². The number of rotatable bonds is 3. The summed E-state index contributed by atoms with van der Waals surface area (Å²) in [5, 5.41) is 0.395. The average Bonchev–Trinajstić information content (AvgIpc) is 2.15. The molecule has 0 aromatic carbocycles. The molecule has 0 spiro atoms. The van der Waals surface area contributed by atoms with Gasteiger partial charge in [0.2, 0.25) is 0 Å². The molecule has 13 heavy (non-hydrogen) atoms. The number of halogens is 1. The number of hydrogen-bond donors (Lipinski definition) is 0. The molecule has 68 valence electrons. The third-order valence-electron chi connectivity index (χ3n) is 1.39. The van der Waals surface area contributed by atoms with Gasteiger partial charge in [-0.1, -0.05) is 11.6 Å². The fourth-order valence-corrected chi connectivity index (χ4v) is 0.990. The van der Waals surface area contributed by atoms with E-state index in [-0.39, 0.29) is 0 Å². The van der Waals surface area contributed by atoms with Gasteiger partial charge < -0.3 is 4.74 Å². The molecular weight excluding hydrogens is 186 g/mol. The van der Waals surface area contributed by atoms with Crippen LogP contribution in [-0.2, 0) is 0 Å². The molecule has 1 aromatic rings. The predicted molar refractivity (Wildman–Crippen MR) is 52.8 cm³/mol. The van der Waals surface area contributed by atoms with Crippen LogP contribution in [-0.4, -0.2) is 11.6 Å². The minimum atomic E-state index is 0.395. The van der Waals surface area contributed by atoms with Crippen molar-refractivity contribution in [3.8, 4) is 17.6 Å². The van der Waals surface area contributed by atoms with Gasteiger partial charge in [-0.2, -0.15) is 0 Å².